The maximum absolute atomic E-state index is 13.3. The first-order valence-electron chi connectivity index (χ1n) is 14.5. The minimum absolute atomic E-state index is 0.00714. The van der Waals surface area contributed by atoms with Gasteiger partial charge in [-0.2, -0.15) is 5.10 Å². The molecule has 1 atom stereocenters. The normalized spacial score (nSPS) is 15.1. The summed E-state index contributed by atoms with van der Waals surface area (Å²) in [5, 5.41) is 19.3. The highest BCUT2D eigenvalue weighted by Gasteiger charge is 2.22. The van der Waals surface area contributed by atoms with E-state index in [1.807, 2.05) is 74.8 Å². The van der Waals surface area contributed by atoms with Crippen molar-refractivity contribution < 1.29 is 9.90 Å². The Morgan fingerprint density at radius 2 is 1.83 bits per heavy atom. The van der Waals surface area contributed by atoms with Gasteiger partial charge in [-0.25, -0.2) is 4.99 Å². The second-order valence-electron chi connectivity index (χ2n) is 11.1. The number of amides is 1. The number of carbonyl (C=O) groups is 1. The van der Waals surface area contributed by atoms with E-state index >= 15 is 0 Å². The van der Waals surface area contributed by atoms with E-state index in [0.717, 1.165) is 36.4 Å². The number of piperidine rings is 1. The van der Waals surface area contributed by atoms with Crippen LogP contribution >= 0.6 is 0 Å². The van der Waals surface area contributed by atoms with Crippen LogP contribution in [0.4, 0.5) is 5.69 Å². The van der Waals surface area contributed by atoms with Crippen LogP contribution in [-0.4, -0.2) is 49.5 Å². The maximum Gasteiger partial charge on any atom is 0.251 e. The Hall–Kier alpha value is -4.69. The summed E-state index contributed by atoms with van der Waals surface area (Å²) in [5.74, 6) is -0.197. The van der Waals surface area contributed by atoms with Crippen LogP contribution in [0.2, 0.25) is 0 Å². The van der Waals surface area contributed by atoms with E-state index in [1.54, 1.807) is 16.9 Å². The average molecular weight is 561 g/mol. The number of nitrogens with one attached hydrogen (secondary N) is 2. The third-order valence-electron chi connectivity index (χ3n) is 7.91. The van der Waals surface area contributed by atoms with E-state index in [1.165, 1.54) is 24.8 Å². The minimum Gasteiger partial charge on any atom is -0.494 e. The predicted octanol–water partition coefficient (Wildman–Crippen LogP) is 6.25. The van der Waals surface area contributed by atoms with Crippen LogP contribution in [0.3, 0.4) is 0 Å². The molecule has 0 spiro atoms. The number of fused-ring (bicyclic) bond motifs is 1. The number of likely N-dealkylation sites (tertiary alicyclic amines) is 1. The van der Waals surface area contributed by atoms with Gasteiger partial charge in [0.05, 0.1) is 29.2 Å². The van der Waals surface area contributed by atoms with Crippen LogP contribution in [0.5, 0.6) is 5.88 Å². The molecule has 5 aromatic rings. The molecule has 2 aromatic heterocycles. The van der Waals surface area contributed by atoms with E-state index in [4.69, 9.17) is 4.99 Å². The van der Waals surface area contributed by atoms with Crippen LogP contribution in [0.1, 0.15) is 64.8 Å². The fourth-order valence-corrected chi connectivity index (χ4v) is 5.70. The number of aromatic hydroxyl groups is 1. The van der Waals surface area contributed by atoms with Gasteiger partial charge in [0.1, 0.15) is 0 Å². The molecule has 1 amide bonds. The van der Waals surface area contributed by atoms with Crippen molar-refractivity contribution in [3.63, 3.8) is 0 Å². The van der Waals surface area contributed by atoms with E-state index in [9.17, 15) is 9.90 Å². The molecule has 3 N–H and O–H groups in total. The van der Waals surface area contributed by atoms with Crippen LogP contribution in [0, 0.1) is 0 Å². The Kier molecular flexibility index (Phi) is 7.88. The van der Waals surface area contributed by atoms with Crippen molar-refractivity contribution in [1.82, 2.24) is 25.0 Å². The lowest BCUT2D eigenvalue weighted by atomic mass is 10.0. The average Bonchev–Trinajstić information content (AvgIpc) is 3.58. The number of benzene rings is 3. The van der Waals surface area contributed by atoms with Gasteiger partial charge in [0.25, 0.3) is 5.91 Å². The van der Waals surface area contributed by atoms with Gasteiger partial charge < -0.3 is 15.4 Å². The van der Waals surface area contributed by atoms with E-state index in [-0.39, 0.29) is 17.8 Å². The van der Waals surface area contributed by atoms with Gasteiger partial charge in [-0.05, 0) is 74.3 Å². The highest BCUT2D eigenvalue weighted by Crippen LogP contribution is 2.32. The Balaban J connectivity index is 1.37. The van der Waals surface area contributed by atoms with Crippen molar-refractivity contribution in [2.24, 2.45) is 12.0 Å². The second kappa shape index (κ2) is 12.0. The summed E-state index contributed by atoms with van der Waals surface area (Å²) in [6.07, 6.45) is 7.42. The monoisotopic (exact) mass is 560 g/mol. The smallest absolute Gasteiger partial charge is 0.251 e. The molecule has 0 bridgehead atoms. The Morgan fingerprint density at radius 3 is 2.60 bits per heavy atom. The fraction of sp³-hybridized carbons (Fsp3) is 0.265. The van der Waals surface area contributed by atoms with Crippen molar-refractivity contribution in [1.29, 1.82) is 0 Å². The zero-order valence-electron chi connectivity index (χ0n) is 24.0. The summed E-state index contributed by atoms with van der Waals surface area (Å²) >= 11 is 0. The van der Waals surface area contributed by atoms with Crippen LogP contribution in [0.15, 0.2) is 90.2 Å². The lowest BCUT2D eigenvalue weighted by Gasteiger charge is -2.26. The molecule has 1 fully saturated rings. The number of aliphatic imine (C=N–C) groups is 1. The molecular formula is C34H36N6O2. The number of rotatable bonds is 8. The predicted molar refractivity (Wildman–Crippen MR) is 166 cm³/mol. The maximum atomic E-state index is 13.3. The van der Waals surface area contributed by atoms with E-state index < -0.39 is 0 Å². The van der Waals surface area contributed by atoms with Crippen molar-refractivity contribution in [3.8, 4) is 5.88 Å². The highest BCUT2D eigenvalue weighted by atomic mass is 16.3. The molecule has 8 nitrogen and oxygen atoms in total. The van der Waals surface area contributed by atoms with Crippen LogP contribution in [0.25, 0.3) is 10.9 Å². The molecule has 3 aromatic carbocycles. The summed E-state index contributed by atoms with van der Waals surface area (Å²) in [6, 6.07) is 23.4. The first kappa shape index (κ1) is 27.5. The van der Waals surface area contributed by atoms with Crippen molar-refractivity contribution in [2.75, 3.05) is 13.1 Å². The molecule has 0 radical (unpaired) electrons. The second-order valence-corrected chi connectivity index (χ2v) is 11.1. The molecule has 0 saturated carbocycles. The first-order valence-corrected chi connectivity index (χ1v) is 14.5. The molecule has 1 aliphatic heterocycles. The molecule has 8 heteroatoms. The largest absolute Gasteiger partial charge is 0.494 e. The van der Waals surface area contributed by atoms with E-state index in [2.05, 4.69) is 32.4 Å². The van der Waals surface area contributed by atoms with E-state index in [0.29, 0.717) is 27.7 Å². The van der Waals surface area contributed by atoms with Gasteiger partial charge in [-0.3, -0.25) is 14.4 Å². The Bertz CT molecular complexity index is 1730. The van der Waals surface area contributed by atoms with Gasteiger partial charge in [0.15, 0.2) is 5.88 Å². The number of H-pyrrole nitrogens is 1. The SMILES string of the molecule is C[C@@H](NC(=O)c1ccc2[nH]c(O)c(C(=Nc3cccc(CN4CCCCC4)c3)c3cnn(C)c3)c2c1)c1ccccc1. The quantitative estimate of drug-likeness (QED) is 0.195. The Morgan fingerprint density at radius 1 is 1.02 bits per heavy atom. The summed E-state index contributed by atoms with van der Waals surface area (Å²) < 4.78 is 1.72. The molecule has 1 aliphatic rings. The molecular weight excluding hydrogens is 524 g/mol. The summed E-state index contributed by atoms with van der Waals surface area (Å²) in [5.41, 5.74) is 6.12. The van der Waals surface area contributed by atoms with Gasteiger partial charge in [0.2, 0.25) is 0 Å². The highest BCUT2D eigenvalue weighted by molar-refractivity contribution is 6.22. The number of carbonyl (C=O) groups excluding carboxylic acids is 1. The number of hydrogen-bond donors (Lipinski definition) is 3. The number of aromatic amines is 1. The standard InChI is InChI=1S/C34H36N6O2/c1-23(25-11-5-3-6-12-25)36-33(41)26-14-15-30-29(19-26)31(34(42)38-30)32(27-20-35-39(2)22-27)37-28-13-9-10-24(18-28)21-40-16-7-4-8-17-40/h3,5-6,9-15,18-20,22-23,38,42H,4,7-8,16-17,21H2,1-2H3,(H,36,41)/t23-/m1/s1. The number of nitrogens with zero attached hydrogens (tertiary/aromatic N) is 4. The lowest BCUT2D eigenvalue weighted by molar-refractivity contribution is 0.0940. The summed E-state index contributed by atoms with van der Waals surface area (Å²) in [6.45, 7) is 5.10. The van der Waals surface area contributed by atoms with Gasteiger partial charge >= 0.3 is 0 Å². The topological polar surface area (TPSA) is 98.5 Å². The van der Waals surface area contributed by atoms with Crippen LogP contribution < -0.4 is 5.32 Å². The summed E-state index contributed by atoms with van der Waals surface area (Å²) in [7, 11) is 1.85. The zero-order valence-corrected chi connectivity index (χ0v) is 24.0. The molecule has 1 saturated heterocycles. The number of aromatic nitrogens is 3. The van der Waals surface area contributed by atoms with Crippen molar-refractivity contribution in [3.05, 3.63) is 113 Å². The molecule has 0 aliphatic carbocycles. The van der Waals surface area contributed by atoms with Gasteiger partial charge in [-0.15, -0.1) is 0 Å². The third-order valence-corrected chi connectivity index (χ3v) is 7.91. The fourth-order valence-electron chi connectivity index (χ4n) is 5.70. The van der Waals surface area contributed by atoms with Crippen molar-refractivity contribution in [2.45, 2.75) is 38.8 Å². The molecule has 0 unspecified atom stereocenters. The minimum atomic E-state index is -0.190. The molecule has 6 rings (SSSR count). The third kappa shape index (κ3) is 5.99. The van der Waals surface area contributed by atoms with Gasteiger partial charge in [0, 0.05) is 41.8 Å². The lowest BCUT2D eigenvalue weighted by Crippen LogP contribution is -2.28. The number of aryl methyl sites for hydroxylation is 1. The molecule has 42 heavy (non-hydrogen) atoms. The molecule has 3 heterocycles. The Labute approximate surface area is 245 Å². The van der Waals surface area contributed by atoms with Crippen LogP contribution in [-0.2, 0) is 13.6 Å². The zero-order chi connectivity index (χ0) is 29.1. The first-order chi connectivity index (χ1) is 20.4. The van der Waals surface area contributed by atoms with Gasteiger partial charge in [-0.1, -0.05) is 48.9 Å². The molecule has 214 valence electrons. The van der Waals surface area contributed by atoms with Crippen molar-refractivity contribution >= 4 is 28.2 Å². The number of hydrogen-bond acceptors (Lipinski definition) is 5. The summed E-state index contributed by atoms with van der Waals surface area (Å²) in [4.78, 5) is 23.9.